The van der Waals surface area contributed by atoms with Crippen molar-refractivity contribution in [3.8, 4) is 11.4 Å². The lowest BCUT2D eigenvalue weighted by atomic mass is 10.1. The highest BCUT2D eigenvalue weighted by molar-refractivity contribution is 7.99. The summed E-state index contributed by atoms with van der Waals surface area (Å²) in [6, 6.07) is 14.2. The summed E-state index contributed by atoms with van der Waals surface area (Å²) in [5.41, 5.74) is 4.49. The van der Waals surface area contributed by atoms with E-state index in [1.54, 1.807) is 11.8 Å². The quantitative estimate of drug-likeness (QED) is 0.505. The number of para-hydroxylation sites is 2. The maximum atomic E-state index is 5.83. The van der Waals surface area contributed by atoms with Crippen LogP contribution in [-0.4, -0.2) is 32.6 Å². The van der Waals surface area contributed by atoms with Crippen LogP contribution in [-0.2, 0) is 0 Å². The number of benzene rings is 2. The van der Waals surface area contributed by atoms with Crippen molar-refractivity contribution in [3.63, 3.8) is 0 Å². The molecule has 0 aliphatic carbocycles. The normalized spacial score (nSPS) is 10.8. The molecule has 5 nitrogen and oxygen atoms in total. The van der Waals surface area contributed by atoms with Crippen LogP contribution in [0.2, 0.25) is 0 Å². The predicted octanol–water partition coefficient (Wildman–Crippen LogP) is 3.76. The number of thioether (sulfide) groups is 1. The second kappa shape index (κ2) is 7.49. The number of hydrogen-bond acceptors (Lipinski definition) is 5. The first kappa shape index (κ1) is 16.5. The third-order valence-corrected chi connectivity index (χ3v) is 4.64. The summed E-state index contributed by atoms with van der Waals surface area (Å²) in [5, 5.41) is 12.9. The van der Waals surface area contributed by atoms with E-state index in [0.29, 0.717) is 6.61 Å². The van der Waals surface area contributed by atoms with Gasteiger partial charge in [0.15, 0.2) is 0 Å². The van der Waals surface area contributed by atoms with Crippen LogP contribution in [0.3, 0.4) is 0 Å². The fraction of sp³-hybridized carbons (Fsp3) is 0.278. The molecule has 0 unspecified atom stereocenters. The largest absolute Gasteiger partial charge is 0.492 e. The summed E-state index contributed by atoms with van der Waals surface area (Å²) in [7, 11) is 0. The molecule has 0 fully saturated rings. The number of aromatic nitrogens is 4. The minimum absolute atomic E-state index is 0.606. The molecular formula is C18H20N4OS. The van der Waals surface area contributed by atoms with Crippen LogP contribution in [0.15, 0.2) is 47.6 Å². The van der Waals surface area contributed by atoms with Crippen molar-refractivity contribution in [2.75, 3.05) is 12.4 Å². The predicted molar refractivity (Wildman–Crippen MR) is 96.0 cm³/mol. The number of hydrogen-bond donors (Lipinski definition) is 0. The van der Waals surface area contributed by atoms with Gasteiger partial charge >= 0.3 is 0 Å². The van der Waals surface area contributed by atoms with Crippen molar-refractivity contribution < 1.29 is 4.74 Å². The van der Waals surface area contributed by atoms with Gasteiger partial charge in [0.05, 0.1) is 12.3 Å². The molecule has 0 saturated carbocycles. The van der Waals surface area contributed by atoms with Crippen molar-refractivity contribution in [1.29, 1.82) is 0 Å². The summed E-state index contributed by atoms with van der Waals surface area (Å²) in [6.45, 7) is 6.79. The third-order valence-electron chi connectivity index (χ3n) is 3.76. The van der Waals surface area contributed by atoms with Crippen molar-refractivity contribution in [2.24, 2.45) is 0 Å². The number of rotatable bonds is 6. The molecule has 6 heteroatoms. The van der Waals surface area contributed by atoms with Gasteiger partial charge in [0.25, 0.3) is 0 Å². The van der Waals surface area contributed by atoms with Crippen LogP contribution >= 0.6 is 11.8 Å². The molecule has 24 heavy (non-hydrogen) atoms. The minimum Gasteiger partial charge on any atom is -0.492 e. The average Bonchev–Trinajstić information content (AvgIpc) is 3.01. The van der Waals surface area contributed by atoms with E-state index in [9.17, 15) is 0 Å². The van der Waals surface area contributed by atoms with Gasteiger partial charge < -0.3 is 4.74 Å². The first-order valence-electron chi connectivity index (χ1n) is 7.83. The molecule has 0 bridgehead atoms. The summed E-state index contributed by atoms with van der Waals surface area (Å²) in [4.78, 5) is 0. The summed E-state index contributed by atoms with van der Waals surface area (Å²) in [6.07, 6.45) is 0. The lowest BCUT2D eigenvalue weighted by Crippen LogP contribution is -2.06. The maximum absolute atomic E-state index is 5.83. The third kappa shape index (κ3) is 3.59. The molecular weight excluding hydrogens is 320 g/mol. The topological polar surface area (TPSA) is 52.8 Å². The van der Waals surface area contributed by atoms with E-state index in [0.717, 1.165) is 39.0 Å². The fourth-order valence-electron chi connectivity index (χ4n) is 2.55. The Morgan fingerprint density at radius 1 is 0.958 bits per heavy atom. The fourth-order valence-corrected chi connectivity index (χ4v) is 3.25. The van der Waals surface area contributed by atoms with Crippen molar-refractivity contribution >= 4 is 11.8 Å². The molecule has 0 radical (unpaired) electrons. The second-order valence-electron chi connectivity index (χ2n) is 5.58. The van der Waals surface area contributed by atoms with Crippen LogP contribution < -0.4 is 4.74 Å². The average molecular weight is 340 g/mol. The number of tetrazole rings is 1. The Morgan fingerprint density at radius 3 is 2.42 bits per heavy atom. The van der Waals surface area contributed by atoms with Gasteiger partial charge in [-0.25, -0.2) is 0 Å². The lowest BCUT2D eigenvalue weighted by molar-refractivity contribution is 0.341. The Morgan fingerprint density at radius 2 is 1.67 bits per heavy atom. The Balaban J connectivity index is 1.65. The summed E-state index contributed by atoms with van der Waals surface area (Å²) >= 11 is 1.59. The van der Waals surface area contributed by atoms with E-state index in [-0.39, 0.29) is 0 Å². The van der Waals surface area contributed by atoms with Crippen LogP contribution in [0.25, 0.3) is 5.69 Å². The Labute approximate surface area is 146 Å². The Kier molecular flexibility index (Phi) is 5.15. The molecule has 3 aromatic rings. The standard InChI is InChI=1S/C18H20N4OS/c1-13-7-4-5-10-16(13)23-11-12-24-18-19-20-21-22(18)17-14(2)8-6-9-15(17)3/h4-10H,11-12H2,1-3H3. The van der Waals surface area contributed by atoms with E-state index >= 15 is 0 Å². The van der Waals surface area contributed by atoms with Gasteiger partial charge in [-0.15, -0.1) is 5.10 Å². The number of ether oxygens (including phenoxy) is 1. The molecule has 0 atom stereocenters. The van der Waals surface area contributed by atoms with Crippen LogP contribution in [0.4, 0.5) is 0 Å². The van der Waals surface area contributed by atoms with Gasteiger partial charge in [-0.1, -0.05) is 48.2 Å². The summed E-state index contributed by atoms with van der Waals surface area (Å²) < 4.78 is 7.64. The van der Waals surface area contributed by atoms with Crippen LogP contribution in [0.5, 0.6) is 5.75 Å². The van der Waals surface area contributed by atoms with Gasteiger partial charge in [0, 0.05) is 5.75 Å². The Bertz CT molecular complexity index is 811. The highest BCUT2D eigenvalue weighted by Crippen LogP contribution is 2.23. The van der Waals surface area contributed by atoms with E-state index in [2.05, 4.69) is 41.5 Å². The molecule has 0 spiro atoms. The molecule has 1 aromatic heterocycles. The Hall–Kier alpha value is -2.34. The van der Waals surface area contributed by atoms with E-state index in [1.807, 2.05) is 41.9 Å². The molecule has 1 heterocycles. The highest BCUT2D eigenvalue weighted by Gasteiger charge is 2.13. The molecule has 0 aliphatic heterocycles. The first-order valence-corrected chi connectivity index (χ1v) is 8.81. The van der Waals surface area contributed by atoms with E-state index in [1.165, 1.54) is 0 Å². The monoisotopic (exact) mass is 340 g/mol. The molecule has 124 valence electrons. The van der Waals surface area contributed by atoms with Crippen molar-refractivity contribution in [2.45, 2.75) is 25.9 Å². The SMILES string of the molecule is Cc1ccccc1OCCSc1nnnn1-c1c(C)cccc1C. The smallest absolute Gasteiger partial charge is 0.214 e. The van der Waals surface area contributed by atoms with Crippen molar-refractivity contribution in [1.82, 2.24) is 20.2 Å². The zero-order valence-electron chi connectivity index (χ0n) is 14.1. The maximum Gasteiger partial charge on any atom is 0.214 e. The molecule has 0 aliphatic rings. The molecule has 0 amide bonds. The second-order valence-corrected chi connectivity index (χ2v) is 6.64. The van der Waals surface area contributed by atoms with Gasteiger partial charge in [0.1, 0.15) is 5.75 Å². The molecule has 3 rings (SSSR count). The number of nitrogens with zero attached hydrogens (tertiary/aromatic N) is 4. The zero-order valence-corrected chi connectivity index (χ0v) is 14.9. The molecule has 0 N–H and O–H groups in total. The van der Waals surface area contributed by atoms with Crippen LogP contribution in [0, 0.1) is 20.8 Å². The minimum atomic E-state index is 0.606. The lowest BCUT2D eigenvalue weighted by Gasteiger charge is -2.11. The van der Waals surface area contributed by atoms with Crippen LogP contribution in [0.1, 0.15) is 16.7 Å². The van der Waals surface area contributed by atoms with Gasteiger partial charge in [-0.3, -0.25) is 0 Å². The van der Waals surface area contributed by atoms with E-state index in [4.69, 9.17) is 4.74 Å². The first-order chi connectivity index (χ1) is 11.7. The van der Waals surface area contributed by atoms with Gasteiger partial charge in [-0.05, 0) is 54.0 Å². The van der Waals surface area contributed by atoms with Gasteiger partial charge in [0.2, 0.25) is 5.16 Å². The number of aryl methyl sites for hydroxylation is 3. The zero-order chi connectivity index (χ0) is 16.9. The molecule has 0 saturated heterocycles. The summed E-state index contributed by atoms with van der Waals surface area (Å²) in [5.74, 6) is 1.70. The highest BCUT2D eigenvalue weighted by atomic mass is 32.2. The van der Waals surface area contributed by atoms with E-state index < -0.39 is 0 Å². The molecule has 2 aromatic carbocycles. The van der Waals surface area contributed by atoms with Crippen molar-refractivity contribution in [3.05, 3.63) is 59.2 Å². The van der Waals surface area contributed by atoms with Gasteiger partial charge in [-0.2, -0.15) is 4.68 Å².